The first kappa shape index (κ1) is 19.3. The number of fused-ring (bicyclic) bond motifs is 1. The van der Waals surface area contributed by atoms with Gasteiger partial charge in [-0.2, -0.15) is 0 Å². The molecule has 0 radical (unpaired) electrons. The summed E-state index contributed by atoms with van der Waals surface area (Å²) in [4.78, 5) is 37.9. The molecule has 0 bridgehead atoms. The molecule has 3 amide bonds. The molecule has 3 aromatic carbocycles. The normalized spacial score (nSPS) is 12.6. The van der Waals surface area contributed by atoms with Crippen LogP contribution in [0, 0.1) is 5.82 Å². The number of benzene rings is 3. The Hall–Kier alpha value is -4.00. The summed E-state index contributed by atoms with van der Waals surface area (Å²) in [6.07, 6.45) is 0. The summed E-state index contributed by atoms with van der Waals surface area (Å²) in [5.74, 6) is -0.718. The van der Waals surface area contributed by atoms with Crippen molar-refractivity contribution in [1.82, 2.24) is 10.2 Å². The average molecular weight is 404 g/mol. The lowest BCUT2D eigenvalue weighted by Crippen LogP contribution is -2.40. The second-order valence-corrected chi connectivity index (χ2v) is 6.72. The van der Waals surface area contributed by atoms with Gasteiger partial charge >= 0.3 is 0 Å². The number of hydrogen-bond acceptors (Lipinski definition) is 4. The highest BCUT2D eigenvalue weighted by molar-refractivity contribution is 6.22. The van der Waals surface area contributed by atoms with E-state index in [4.69, 9.17) is 4.74 Å². The van der Waals surface area contributed by atoms with Crippen molar-refractivity contribution in [2.75, 3.05) is 6.54 Å². The fraction of sp³-hybridized carbons (Fsp3) is 0.0870. The topological polar surface area (TPSA) is 75.7 Å². The third kappa shape index (κ3) is 4.05. The van der Waals surface area contributed by atoms with E-state index in [0.29, 0.717) is 22.6 Å². The van der Waals surface area contributed by atoms with Crippen molar-refractivity contribution in [2.24, 2.45) is 0 Å². The largest absolute Gasteiger partial charge is 0.457 e. The number of carbonyl (C=O) groups excluding carboxylic acids is 3. The van der Waals surface area contributed by atoms with E-state index >= 15 is 0 Å². The monoisotopic (exact) mass is 404 g/mol. The number of imide groups is 1. The predicted molar refractivity (Wildman–Crippen MR) is 107 cm³/mol. The number of nitrogens with one attached hydrogen (secondary N) is 1. The number of carbonyl (C=O) groups is 3. The molecule has 0 fully saturated rings. The lowest BCUT2D eigenvalue weighted by Gasteiger charge is -2.14. The van der Waals surface area contributed by atoms with Crippen LogP contribution < -0.4 is 10.1 Å². The number of nitrogens with zero attached hydrogens (tertiary/aromatic N) is 1. The number of amides is 3. The Morgan fingerprint density at radius 3 is 2.20 bits per heavy atom. The van der Waals surface area contributed by atoms with Gasteiger partial charge in [-0.05, 0) is 54.1 Å². The SMILES string of the molecule is O=C(CN1C(=O)c2ccccc2C1=O)NCc1cccc(Oc2ccc(F)cc2)c1. The van der Waals surface area contributed by atoms with Gasteiger partial charge in [0.1, 0.15) is 23.9 Å². The number of hydrogen-bond donors (Lipinski definition) is 1. The van der Waals surface area contributed by atoms with E-state index in [-0.39, 0.29) is 18.9 Å². The van der Waals surface area contributed by atoms with Gasteiger partial charge in [-0.3, -0.25) is 19.3 Å². The predicted octanol–water partition coefficient (Wildman–Crippen LogP) is 3.53. The number of halogens is 1. The molecule has 30 heavy (non-hydrogen) atoms. The molecule has 150 valence electrons. The first-order chi connectivity index (χ1) is 14.5. The Kier molecular flexibility index (Phi) is 5.26. The average Bonchev–Trinajstić information content (AvgIpc) is 2.99. The van der Waals surface area contributed by atoms with Crippen LogP contribution in [0.5, 0.6) is 11.5 Å². The summed E-state index contributed by atoms with van der Waals surface area (Å²) in [7, 11) is 0. The van der Waals surface area contributed by atoms with Crippen LogP contribution in [-0.2, 0) is 11.3 Å². The summed E-state index contributed by atoms with van der Waals surface area (Å²) >= 11 is 0. The molecule has 1 aliphatic heterocycles. The molecular weight excluding hydrogens is 387 g/mol. The maximum Gasteiger partial charge on any atom is 0.262 e. The minimum atomic E-state index is -0.472. The van der Waals surface area contributed by atoms with Gasteiger partial charge in [0, 0.05) is 6.54 Å². The van der Waals surface area contributed by atoms with Crippen LogP contribution in [0.25, 0.3) is 0 Å². The summed E-state index contributed by atoms with van der Waals surface area (Å²) in [5, 5.41) is 2.70. The third-order valence-corrected chi connectivity index (χ3v) is 4.62. The van der Waals surface area contributed by atoms with Crippen molar-refractivity contribution in [3.05, 3.63) is 95.3 Å². The van der Waals surface area contributed by atoms with Crippen LogP contribution in [-0.4, -0.2) is 29.2 Å². The Labute approximate surface area is 171 Å². The lowest BCUT2D eigenvalue weighted by atomic mass is 10.1. The van der Waals surface area contributed by atoms with Crippen LogP contribution in [0.1, 0.15) is 26.3 Å². The van der Waals surface area contributed by atoms with E-state index < -0.39 is 17.7 Å². The zero-order valence-corrected chi connectivity index (χ0v) is 15.8. The smallest absolute Gasteiger partial charge is 0.262 e. The van der Waals surface area contributed by atoms with Crippen molar-refractivity contribution in [3.8, 4) is 11.5 Å². The highest BCUT2D eigenvalue weighted by atomic mass is 19.1. The molecule has 0 spiro atoms. The maximum atomic E-state index is 13.0. The van der Waals surface area contributed by atoms with Gasteiger partial charge in [-0.15, -0.1) is 0 Å². The van der Waals surface area contributed by atoms with Crippen molar-refractivity contribution in [3.63, 3.8) is 0 Å². The van der Waals surface area contributed by atoms with E-state index in [0.717, 1.165) is 10.5 Å². The highest BCUT2D eigenvalue weighted by Gasteiger charge is 2.36. The quantitative estimate of drug-likeness (QED) is 0.638. The van der Waals surface area contributed by atoms with Crippen molar-refractivity contribution >= 4 is 17.7 Å². The first-order valence-electron chi connectivity index (χ1n) is 9.25. The number of ether oxygens (including phenoxy) is 1. The fourth-order valence-electron chi connectivity index (χ4n) is 3.14. The molecule has 1 heterocycles. The van der Waals surface area contributed by atoms with Gasteiger partial charge in [-0.25, -0.2) is 4.39 Å². The molecule has 0 atom stereocenters. The van der Waals surface area contributed by atoms with E-state index in [1.807, 2.05) is 0 Å². The molecule has 4 rings (SSSR count). The van der Waals surface area contributed by atoms with Crippen LogP contribution in [0.15, 0.2) is 72.8 Å². The molecule has 0 saturated heterocycles. The van der Waals surface area contributed by atoms with Crippen molar-refractivity contribution < 1.29 is 23.5 Å². The van der Waals surface area contributed by atoms with E-state index in [1.54, 1.807) is 48.5 Å². The van der Waals surface area contributed by atoms with Crippen LogP contribution in [0.4, 0.5) is 4.39 Å². The molecular formula is C23H17FN2O4. The minimum Gasteiger partial charge on any atom is -0.457 e. The van der Waals surface area contributed by atoms with Gasteiger partial charge in [0.25, 0.3) is 11.8 Å². The number of rotatable bonds is 6. The molecule has 0 aromatic heterocycles. The maximum absolute atomic E-state index is 13.0. The van der Waals surface area contributed by atoms with E-state index in [2.05, 4.69) is 5.32 Å². The second-order valence-electron chi connectivity index (χ2n) is 6.72. The van der Waals surface area contributed by atoms with Crippen molar-refractivity contribution in [2.45, 2.75) is 6.54 Å². The summed E-state index contributed by atoms with van der Waals surface area (Å²) in [6.45, 7) is -0.152. The van der Waals surface area contributed by atoms with Gasteiger partial charge in [0.05, 0.1) is 11.1 Å². The van der Waals surface area contributed by atoms with Gasteiger partial charge in [0.15, 0.2) is 0 Å². The molecule has 7 heteroatoms. The van der Waals surface area contributed by atoms with E-state index in [1.165, 1.54) is 24.3 Å². The first-order valence-corrected chi connectivity index (χ1v) is 9.25. The molecule has 0 aliphatic carbocycles. The molecule has 0 saturated carbocycles. The van der Waals surface area contributed by atoms with Gasteiger partial charge < -0.3 is 10.1 Å². The zero-order valence-electron chi connectivity index (χ0n) is 15.8. The molecule has 1 N–H and O–H groups in total. The summed E-state index contributed by atoms with van der Waals surface area (Å²) < 4.78 is 18.7. The molecule has 3 aromatic rings. The van der Waals surface area contributed by atoms with Crippen LogP contribution in [0.2, 0.25) is 0 Å². The third-order valence-electron chi connectivity index (χ3n) is 4.62. The highest BCUT2D eigenvalue weighted by Crippen LogP contribution is 2.23. The van der Waals surface area contributed by atoms with E-state index in [9.17, 15) is 18.8 Å². The van der Waals surface area contributed by atoms with Crippen LogP contribution in [0.3, 0.4) is 0 Å². The second kappa shape index (κ2) is 8.16. The molecule has 6 nitrogen and oxygen atoms in total. The Morgan fingerprint density at radius 1 is 0.867 bits per heavy atom. The molecule has 1 aliphatic rings. The molecule has 0 unspecified atom stereocenters. The standard InChI is InChI=1S/C23H17FN2O4/c24-16-8-10-17(11-9-16)30-18-5-3-4-15(12-18)13-25-21(27)14-26-22(28)19-6-1-2-7-20(19)23(26)29/h1-12H,13-14H2,(H,25,27). The van der Waals surface area contributed by atoms with Gasteiger partial charge in [0.2, 0.25) is 5.91 Å². The Balaban J connectivity index is 1.35. The van der Waals surface area contributed by atoms with Crippen LogP contribution >= 0.6 is 0 Å². The Bertz CT molecular complexity index is 1090. The van der Waals surface area contributed by atoms with Gasteiger partial charge in [-0.1, -0.05) is 24.3 Å². The van der Waals surface area contributed by atoms with Crippen molar-refractivity contribution in [1.29, 1.82) is 0 Å². The zero-order chi connectivity index (χ0) is 21.1. The Morgan fingerprint density at radius 2 is 1.53 bits per heavy atom. The fourth-order valence-corrected chi connectivity index (χ4v) is 3.14. The summed E-state index contributed by atoms with van der Waals surface area (Å²) in [5.41, 5.74) is 1.38. The lowest BCUT2D eigenvalue weighted by molar-refractivity contribution is -0.121. The summed E-state index contributed by atoms with van der Waals surface area (Å²) in [6, 6.07) is 19.2. The minimum absolute atomic E-state index is 0.197.